The zero-order valence-corrected chi connectivity index (χ0v) is 21.9. The molecular formula is C28H32N2O4S. The first kappa shape index (κ1) is 24.8. The number of aryl methyl sites for hydroxylation is 5. The van der Waals surface area contributed by atoms with E-state index in [1.807, 2.05) is 40.7 Å². The molecule has 0 saturated carbocycles. The number of hydrogen-bond acceptors (Lipinski definition) is 4. The van der Waals surface area contributed by atoms with Crippen LogP contribution in [0, 0.1) is 34.6 Å². The lowest BCUT2D eigenvalue weighted by molar-refractivity contribution is -0.128. The van der Waals surface area contributed by atoms with Crippen LogP contribution >= 0.6 is 0 Å². The molecule has 1 aliphatic heterocycles. The minimum atomic E-state index is -3.90. The van der Waals surface area contributed by atoms with Gasteiger partial charge >= 0.3 is 0 Å². The van der Waals surface area contributed by atoms with Gasteiger partial charge in [-0.05, 0) is 93.6 Å². The van der Waals surface area contributed by atoms with Crippen molar-refractivity contribution in [2.75, 3.05) is 10.8 Å². The molecule has 1 heterocycles. The Labute approximate surface area is 208 Å². The van der Waals surface area contributed by atoms with E-state index in [2.05, 4.69) is 24.4 Å². The maximum absolute atomic E-state index is 13.6. The van der Waals surface area contributed by atoms with E-state index in [0.29, 0.717) is 11.4 Å². The molecule has 6 nitrogen and oxygen atoms in total. The number of benzene rings is 3. The largest absolute Gasteiger partial charge is 0.476 e. The summed E-state index contributed by atoms with van der Waals surface area (Å²) in [5.41, 5.74) is 6.78. The van der Waals surface area contributed by atoms with Gasteiger partial charge in [0.25, 0.3) is 15.9 Å². The number of sulfonamides is 1. The Bertz CT molecular complexity index is 1380. The summed E-state index contributed by atoms with van der Waals surface area (Å²) >= 11 is 0. The summed E-state index contributed by atoms with van der Waals surface area (Å²) in [5.74, 6) is 0.0218. The second kappa shape index (κ2) is 9.38. The molecule has 184 valence electrons. The Morgan fingerprint density at radius 2 is 1.54 bits per heavy atom. The SMILES string of the molecule is Cc1ccc(S(=O)(=O)N2C[C@H](C(=O)N[C@@H](C)c3cc(C)c(C)cc3C)Oc3cc(C)ccc32)cc1. The molecule has 0 radical (unpaired) electrons. The highest BCUT2D eigenvalue weighted by molar-refractivity contribution is 7.92. The van der Waals surface area contributed by atoms with Gasteiger partial charge in [-0.3, -0.25) is 9.10 Å². The van der Waals surface area contributed by atoms with Crippen molar-refractivity contribution in [3.05, 3.63) is 88.0 Å². The van der Waals surface area contributed by atoms with Crippen LogP contribution in [0.1, 0.15) is 46.3 Å². The Morgan fingerprint density at radius 1 is 0.914 bits per heavy atom. The molecule has 4 rings (SSSR count). The van der Waals surface area contributed by atoms with Gasteiger partial charge in [0.2, 0.25) is 0 Å². The molecule has 7 heteroatoms. The predicted molar refractivity (Wildman–Crippen MR) is 139 cm³/mol. The van der Waals surface area contributed by atoms with Gasteiger partial charge in [-0.2, -0.15) is 0 Å². The number of ether oxygens (including phenoxy) is 1. The molecule has 0 fully saturated rings. The molecule has 1 amide bonds. The first-order valence-electron chi connectivity index (χ1n) is 11.7. The second-order valence-corrected chi connectivity index (χ2v) is 11.3. The number of fused-ring (bicyclic) bond motifs is 1. The fourth-order valence-electron chi connectivity index (χ4n) is 4.40. The van der Waals surface area contributed by atoms with E-state index in [1.54, 1.807) is 36.4 Å². The van der Waals surface area contributed by atoms with Crippen molar-refractivity contribution in [1.29, 1.82) is 0 Å². The monoisotopic (exact) mass is 492 g/mol. The van der Waals surface area contributed by atoms with Gasteiger partial charge in [-0.15, -0.1) is 0 Å². The molecule has 3 aromatic carbocycles. The quantitative estimate of drug-likeness (QED) is 0.540. The van der Waals surface area contributed by atoms with E-state index >= 15 is 0 Å². The van der Waals surface area contributed by atoms with Gasteiger partial charge < -0.3 is 10.1 Å². The highest BCUT2D eigenvalue weighted by Crippen LogP contribution is 2.38. The first-order chi connectivity index (χ1) is 16.5. The van der Waals surface area contributed by atoms with Gasteiger partial charge in [0, 0.05) is 0 Å². The highest BCUT2D eigenvalue weighted by atomic mass is 32.2. The van der Waals surface area contributed by atoms with E-state index in [4.69, 9.17) is 4.74 Å². The lowest BCUT2D eigenvalue weighted by Crippen LogP contribution is -2.51. The standard InChI is InChI=1S/C28H32N2O4S/c1-17-7-10-23(11-8-17)35(32,33)30-16-27(34-26-13-18(2)9-12-25(26)30)28(31)29-22(6)24-15-20(4)19(3)14-21(24)5/h7-15,22,27H,16H2,1-6H3,(H,29,31)/t22-,27+/m0/s1. The maximum Gasteiger partial charge on any atom is 0.264 e. The molecule has 2 atom stereocenters. The Balaban J connectivity index is 1.65. The van der Waals surface area contributed by atoms with Crippen molar-refractivity contribution in [3.63, 3.8) is 0 Å². The zero-order chi connectivity index (χ0) is 25.5. The molecule has 0 aromatic heterocycles. The van der Waals surface area contributed by atoms with Crippen molar-refractivity contribution in [1.82, 2.24) is 5.32 Å². The van der Waals surface area contributed by atoms with Gasteiger partial charge in [0.15, 0.2) is 6.10 Å². The van der Waals surface area contributed by atoms with Crippen LogP contribution in [0.2, 0.25) is 0 Å². The predicted octanol–water partition coefficient (Wildman–Crippen LogP) is 5.06. The average molecular weight is 493 g/mol. The number of nitrogens with one attached hydrogen (secondary N) is 1. The first-order valence-corrected chi connectivity index (χ1v) is 13.2. The van der Waals surface area contributed by atoms with Crippen LogP contribution in [0.3, 0.4) is 0 Å². The molecule has 3 aromatic rings. The van der Waals surface area contributed by atoms with Gasteiger partial charge in [0.1, 0.15) is 5.75 Å². The fraction of sp³-hybridized carbons (Fsp3) is 0.321. The minimum Gasteiger partial charge on any atom is -0.476 e. The number of hydrogen-bond donors (Lipinski definition) is 1. The third-order valence-electron chi connectivity index (χ3n) is 6.59. The molecule has 35 heavy (non-hydrogen) atoms. The van der Waals surface area contributed by atoms with E-state index in [-0.39, 0.29) is 23.4 Å². The van der Waals surface area contributed by atoms with Crippen LogP contribution in [0.25, 0.3) is 0 Å². The zero-order valence-electron chi connectivity index (χ0n) is 21.0. The molecule has 1 N–H and O–H groups in total. The molecule has 0 saturated heterocycles. The number of amides is 1. The van der Waals surface area contributed by atoms with E-state index in [0.717, 1.165) is 27.8 Å². The second-order valence-electron chi connectivity index (χ2n) is 9.45. The molecule has 0 bridgehead atoms. The summed E-state index contributed by atoms with van der Waals surface area (Å²) in [6, 6.07) is 16.0. The van der Waals surface area contributed by atoms with Crippen molar-refractivity contribution >= 4 is 21.6 Å². The average Bonchev–Trinajstić information content (AvgIpc) is 2.80. The summed E-state index contributed by atoms with van der Waals surface area (Å²) < 4.78 is 34.6. The van der Waals surface area contributed by atoms with Crippen molar-refractivity contribution in [3.8, 4) is 5.75 Å². The number of carbonyl (C=O) groups excluding carboxylic acids is 1. The van der Waals surface area contributed by atoms with Crippen LogP contribution < -0.4 is 14.4 Å². The third-order valence-corrected chi connectivity index (χ3v) is 8.39. The topological polar surface area (TPSA) is 75.7 Å². The number of rotatable bonds is 5. The van der Waals surface area contributed by atoms with Crippen molar-refractivity contribution in [2.24, 2.45) is 0 Å². The van der Waals surface area contributed by atoms with Gasteiger partial charge in [0.05, 0.1) is 23.2 Å². The normalized spacial score (nSPS) is 16.3. The molecule has 1 aliphatic rings. The lowest BCUT2D eigenvalue weighted by atomic mass is 9.96. The Kier molecular flexibility index (Phi) is 6.64. The molecule has 0 unspecified atom stereocenters. The summed E-state index contributed by atoms with van der Waals surface area (Å²) in [4.78, 5) is 13.5. The third kappa shape index (κ3) is 4.91. The summed E-state index contributed by atoms with van der Waals surface area (Å²) in [6.07, 6.45) is -0.987. The highest BCUT2D eigenvalue weighted by Gasteiger charge is 2.38. The van der Waals surface area contributed by atoms with Crippen molar-refractivity contribution in [2.45, 2.75) is 58.6 Å². The van der Waals surface area contributed by atoms with Crippen LogP contribution in [-0.4, -0.2) is 27.0 Å². The minimum absolute atomic E-state index is 0.114. The van der Waals surface area contributed by atoms with Gasteiger partial charge in [-0.25, -0.2) is 8.42 Å². The Hall–Kier alpha value is -3.32. The number of anilines is 1. The van der Waals surface area contributed by atoms with Gasteiger partial charge in [-0.1, -0.05) is 35.9 Å². The smallest absolute Gasteiger partial charge is 0.264 e. The lowest BCUT2D eigenvalue weighted by Gasteiger charge is -2.35. The number of nitrogens with zero attached hydrogens (tertiary/aromatic N) is 1. The number of carbonyl (C=O) groups is 1. The summed E-state index contributed by atoms with van der Waals surface area (Å²) in [7, 11) is -3.90. The summed E-state index contributed by atoms with van der Waals surface area (Å²) in [6.45, 7) is 11.8. The van der Waals surface area contributed by atoms with E-state index < -0.39 is 16.1 Å². The Morgan fingerprint density at radius 3 is 2.23 bits per heavy atom. The van der Waals surface area contributed by atoms with Crippen LogP contribution in [0.5, 0.6) is 5.75 Å². The van der Waals surface area contributed by atoms with E-state index in [1.165, 1.54) is 9.87 Å². The van der Waals surface area contributed by atoms with E-state index in [9.17, 15) is 13.2 Å². The van der Waals surface area contributed by atoms with Crippen molar-refractivity contribution < 1.29 is 17.9 Å². The summed E-state index contributed by atoms with van der Waals surface area (Å²) in [5, 5.41) is 3.03. The maximum atomic E-state index is 13.6. The van der Waals surface area contributed by atoms with Crippen LogP contribution in [0.4, 0.5) is 5.69 Å². The molecule has 0 spiro atoms. The van der Waals surface area contributed by atoms with Crippen LogP contribution in [-0.2, 0) is 14.8 Å². The van der Waals surface area contributed by atoms with Crippen LogP contribution in [0.15, 0.2) is 59.5 Å². The molecular weight excluding hydrogens is 460 g/mol. The molecule has 0 aliphatic carbocycles. The fourth-order valence-corrected chi connectivity index (χ4v) is 5.87.